The molecule has 1 aromatic carbocycles. The number of hydrogen-bond donors (Lipinski definition) is 1. The van der Waals surface area contributed by atoms with Crippen LogP contribution in [0.3, 0.4) is 0 Å². The normalized spacial score (nSPS) is 17.5. The van der Waals surface area contributed by atoms with Crippen LogP contribution in [-0.2, 0) is 11.3 Å². The van der Waals surface area contributed by atoms with E-state index in [1.807, 2.05) is 36.4 Å². The van der Waals surface area contributed by atoms with E-state index >= 15 is 0 Å². The van der Waals surface area contributed by atoms with Crippen LogP contribution in [0.25, 0.3) is 0 Å². The Morgan fingerprint density at radius 3 is 2.95 bits per heavy atom. The minimum Gasteiger partial charge on any atom is -0.467 e. The third-order valence-corrected chi connectivity index (χ3v) is 4.79. The molecule has 22 heavy (non-hydrogen) atoms. The van der Waals surface area contributed by atoms with E-state index in [0.29, 0.717) is 18.2 Å². The Morgan fingerprint density at radius 1 is 1.27 bits per heavy atom. The number of ether oxygens (including phenoxy) is 1. The van der Waals surface area contributed by atoms with Crippen molar-refractivity contribution in [3.63, 3.8) is 0 Å². The molecule has 1 N–H and O–H groups in total. The summed E-state index contributed by atoms with van der Waals surface area (Å²) < 4.78 is 10.9. The maximum Gasteiger partial charge on any atom is 0.252 e. The van der Waals surface area contributed by atoms with Crippen LogP contribution < -0.4 is 5.32 Å². The van der Waals surface area contributed by atoms with E-state index in [1.165, 1.54) is 0 Å². The highest BCUT2D eigenvalue weighted by molar-refractivity contribution is 7.99. The van der Waals surface area contributed by atoms with Gasteiger partial charge in [-0.25, -0.2) is 0 Å². The minimum absolute atomic E-state index is 0.0770. The maximum absolute atomic E-state index is 12.4. The van der Waals surface area contributed by atoms with Crippen molar-refractivity contribution in [2.24, 2.45) is 0 Å². The molecule has 3 rings (SSSR count). The van der Waals surface area contributed by atoms with Crippen LogP contribution in [0.15, 0.2) is 52.0 Å². The fourth-order valence-corrected chi connectivity index (χ4v) is 3.53. The minimum atomic E-state index is -0.0770. The van der Waals surface area contributed by atoms with E-state index in [-0.39, 0.29) is 5.91 Å². The number of rotatable bonds is 6. The molecule has 1 fully saturated rings. The molecule has 0 spiro atoms. The average molecular weight is 317 g/mol. The zero-order chi connectivity index (χ0) is 15.2. The molecular formula is C17H19NO3S. The molecule has 0 saturated carbocycles. The summed E-state index contributed by atoms with van der Waals surface area (Å²) in [6.07, 6.45) is 4.16. The number of carbonyl (C=O) groups excluding carboxylic acids is 1. The zero-order valence-corrected chi connectivity index (χ0v) is 13.1. The standard InChI is InChI=1S/C17H19NO3S/c19-17(18-11-13-5-3-9-20-13)15-7-1-2-8-16(15)22-12-14-6-4-10-21-14/h1-3,5,7-9,14H,4,6,10-12H2,(H,18,19)/t14-/m0/s1. The van der Waals surface area contributed by atoms with Gasteiger partial charge in [0.2, 0.25) is 0 Å². The number of hydrogen-bond acceptors (Lipinski definition) is 4. The van der Waals surface area contributed by atoms with Gasteiger partial charge in [-0.2, -0.15) is 0 Å². The molecule has 1 saturated heterocycles. The second-order valence-corrected chi connectivity index (χ2v) is 6.27. The maximum atomic E-state index is 12.4. The molecule has 0 bridgehead atoms. The van der Waals surface area contributed by atoms with Crippen molar-refractivity contribution in [2.45, 2.75) is 30.4 Å². The van der Waals surface area contributed by atoms with E-state index in [2.05, 4.69) is 5.32 Å². The van der Waals surface area contributed by atoms with Gasteiger partial charge in [-0.1, -0.05) is 12.1 Å². The largest absolute Gasteiger partial charge is 0.467 e. The Kier molecular flexibility index (Phi) is 5.19. The molecule has 1 amide bonds. The third kappa shape index (κ3) is 3.93. The number of benzene rings is 1. The predicted molar refractivity (Wildman–Crippen MR) is 86.0 cm³/mol. The van der Waals surface area contributed by atoms with Crippen LogP contribution in [0.4, 0.5) is 0 Å². The summed E-state index contributed by atoms with van der Waals surface area (Å²) in [6, 6.07) is 11.3. The molecule has 1 aliphatic rings. The van der Waals surface area contributed by atoms with Crippen molar-refractivity contribution in [3.8, 4) is 0 Å². The van der Waals surface area contributed by atoms with Gasteiger partial charge in [-0.05, 0) is 37.1 Å². The summed E-state index contributed by atoms with van der Waals surface area (Å²) in [5.74, 6) is 1.56. The van der Waals surface area contributed by atoms with E-state index < -0.39 is 0 Å². The first-order valence-electron chi connectivity index (χ1n) is 7.47. The van der Waals surface area contributed by atoms with Gasteiger partial charge < -0.3 is 14.5 Å². The lowest BCUT2D eigenvalue weighted by atomic mass is 10.2. The van der Waals surface area contributed by atoms with Gasteiger partial charge in [0.15, 0.2) is 0 Å². The van der Waals surface area contributed by atoms with Crippen molar-refractivity contribution in [3.05, 3.63) is 54.0 Å². The molecule has 1 aromatic heterocycles. The molecule has 5 heteroatoms. The van der Waals surface area contributed by atoms with Crippen molar-refractivity contribution < 1.29 is 13.9 Å². The monoisotopic (exact) mass is 317 g/mol. The molecule has 0 unspecified atom stereocenters. The Bertz CT molecular complexity index is 606. The fourth-order valence-electron chi connectivity index (χ4n) is 2.41. The van der Waals surface area contributed by atoms with Crippen LogP contribution in [0.5, 0.6) is 0 Å². The Morgan fingerprint density at radius 2 is 2.18 bits per heavy atom. The summed E-state index contributed by atoms with van der Waals surface area (Å²) in [5.41, 5.74) is 0.706. The second-order valence-electron chi connectivity index (χ2n) is 5.20. The van der Waals surface area contributed by atoms with Gasteiger partial charge >= 0.3 is 0 Å². The van der Waals surface area contributed by atoms with Crippen molar-refractivity contribution in [1.82, 2.24) is 5.32 Å². The lowest BCUT2D eigenvalue weighted by molar-refractivity contribution is 0.0945. The molecular weight excluding hydrogens is 298 g/mol. The Balaban J connectivity index is 1.60. The highest BCUT2D eigenvalue weighted by atomic mass is 32.2. The van der Waals surface area contributed by atoms with Gasteiger partial charge in [0.1, 0.15) is 5.76 Å². The molecule has 2 aromatic rings. The second kappa shape index (κ2) is 7.51. The van der Waals surface area contributed by atoms with E-state index in [0.717, 1.165) is 35.9 Å². The van der Waals surface area contributed by atoms with Gasteiger partial charge in [0.25, 0.3) is 5.91 Å². The van der Waals surface area contributed by atoms with Crippen LogP contribution >= 0.6 is 11.8 Å². The number of thioether (sulfide) groups is 1. The summed E-state index contributed by atoms with van der Waals surface area (Å²) in [7, 11) is 0. The van der Waals surface area contributed by atoms with E-state index in [9.17, 15) is 4.79 Å². The summed E-state index contributed by atoms with van der Waals surface area (Å²) >= 11 is 1.69. The van der Waals surface area contributed by atoms with Crippen LogP contribution in [0.1, 0.15) is 29.0 Å². The first-order chi connectivity index (χ1) is 10.8. The third-order valence-electron chi connectivity index (χ3n) is 3.58. The van der Waals surface area contributed by atoms with Gasteiger partial charge in [0.05, 0.1) is 24.5 Å². The molecule has 1 aliphatic heterocycles. The molecule has 0 radical (unpaired) electrons. The molecule has 1 atom stereocenters. The summed E-state index contributed by atoms with van der Waals surface area (Å²) in [6.45, 7) is 1.26. The molecule has 4 nitrogen and oxygen atoms in total. The first-order valence-corrected chi connectivity index (χ1v) is 8.45. The zero-order valence-electron chi connectivity index (χ0n) is 12.3. The predicted octanol–water partition coefficient (Wildman–Crippen LogP) is 3.48. The smallest absolute Gasteiger partial charge is 0.252 e. The fraction of sp³-hybridized carbons (Fsp3) is 0.353. The van der Waals surface area contributed by atoms with Gasteiger partial charge in [-0.3, -0.25) is 4.79 Å². The number of carbonyl (C=O) groups is 1. The lowest BCUT2D eigenvalue weighted by Crippen LogP contribution is -2.23. The Labute approximate surface area is 134 Å². The summed E-state index contributed by atoms with van der Waals surface area (Å²) in [4.78, 5) is 13.4. The SMILES string of the molecule is O=C(NCc1ccco1)c1ccccc1SC[C@@H]1CCCO1. The van der Waals surface area contributed by atoms with E-state index in [1.54, 1.807) is 18.0 Å². The quantitative estimate of drug-likeness (QED) is 0.829. The highest BCUT2D eigenvalue weighted by Crippen LogP contribution is 2.26. The number of amides is 1. The van der Waals surface area contributed by atoms with Crippen LogP contribution in [0, 0.1) is 0 Å². The lowest BCUT2D eigenvalue weighted by Gasteiger charge is -2.12. The number of furan rings is 1. The van der Waals surface area contributed by atoms with E-state index in [4.69, 9.17) is 9.15 Å². The average Bonchev–Trinajstić information content (AvgIpc) is 3.24. The van der Waals surface area contributed by atoms with Crippen molar-refractivity contribution in [1.29, 1.82) is 0 Å². The highest BCUT2D eigenvalue weighted by Gasteiger charge is 2.17. The molecule has 2 heterocycles. The summed E-state index contributed by atoms with van der Waals surface area (Å²) in [5, 5.41) is 2.89. The first kappa shape index (κ1) is 15.2. The molecule has 116 valence electrons. The topological polar surface area (TPSA) is 51.5 Å². The van der Waals surface area contributed by atoms with Gasteiger partial charge in [-0.15, -0.1) is 11.8 Å². The molecule has 0 aliphatic carbocycles. The van der Waals surface area contributed by atoms with Crippen LogP contribution in [0.2, 0.25) is 0 Å². The van der Waals surface area contributed by atoms with Crippen molar-refractivity contribution in [2.75, 3.05) is 12.4 Å². The number of nitrogens with one attached hydrogen (secondary N) is 1. The Hall–Kier alpha value is -1.72. The van der Waals surface area contributed by atoms with Crippen molar-refractivity contribution >= 4 is 17.7 Å². The van der Waals surface area contributed by atoms with Gasteiger partial charge in [0, 0.05) is 17.3 Å². The van der Waals surface area contributed by atoms with Crippen LogP contribution in [-0.4, -0.2) is 24.4 Å².